The first-order valence-corrected chi connectivity index (χ1v) is 2.56. The Hall–Kier alpha value is -1.18. The summed E-state index contributed by atoms with van der Waals surface area (Å²) in [6.07, 6.45) is 8.67. The first kappa shape index (κ1) is 4.97. The summed E-state index contributed by atoms with van der Waals surface area (Å²) in [6.45, 7) is 0. The summed E-state index contributed by atoms with van der Waals surface area (Å²) in [4.78, 5) is 0. The van der Waals surface area contributed by atoms with Crippen LogP contribution in [0.2, 0.25) is 0 Å². The van der Waals surface area contributed by atoms with Crippen molar-refractivity contribution in [3.63, 3.8) is 0 Å². The third kappa shape index (κ3) is 1.51. The molecule has 0 bridgehead atoms. The lowest BCUT2D eigenvalue weighted by Crippen LogP contribution is -1.54. The molecule has 0 aliphatic heterocycles. The van der Waals surface area contributed by atoms with Crippen LogP contribution in [0.5, 0.6) is 0 Å². The lowest BCUT2D eigenvalue weighted by molar-refractivity contribution is 1.40. The Morgan fingerprint density at radius 2 is 2.25 bits per heavy atom. The third-order valence-corrected chi connectivity index (χ3v) is 0.816. The van der Waals surface area contributed by atoms with Gasteiger partial charge < -0.3 is 0 Å². The molecular formula is C8H6. The van der Waals surface area contributed by atoms with Crippen LogP contribution in [0.3, 0.4) is 0 Å². The fourth-order valence-corrected chi connectivity index (χ4v) is 0.456. The molecule has 0 nitrogen and oxygen atoms in total. The van der Waals surface area contributed by atoms with E-state index in [0.717, 1.165) is 6.42 Å². The maximum Gasteiger partial charge on any atom is -0.00829 e. The van der Waals surface area contributed by atoms with Crippen LogP contribution in [0, 0.1) is 0 Å². The van der Waals surface area contributed by atoms with Gasteiger partial charge in [0.2, 0.25) is 0 Å². The van der Waals surface area contributed by atoms with Crippen molar-refractivity contribution in [1.29, 1.82) is 0 Å². The van der Waals surface area contributed by atoms with Gasteiger partial charge in [-0.2, -0.15) is 0 Å². The summed E-state index contributed by atoms with van der Waals surface area (Å²) in [6, 6.07) is 0. The van der Waals surface area contributed by atoms with E-state index in [9.17, 15) is 0 Å². The van der Waals surface area contributed by atoms with E-state index >= 15 is 0 Å². The van der Waals surface area contributed by atoms with Crippen molar-refractivity contribution in [2.75, 3.05) is 0 Å². The van der Waals surface area contributed by atoms with Crippen molar-refractivity contribution in [1.82, 2.24) is 0 Å². The van der Waals surface area contributed by atoms with E-state index in [1.165, 1.54) is 0 Å². The summed E-state index contributed by atoms with van der Waals surface area (Å²) in [7, 11) is 0. The molecule has 1 aliphatic rings. The smallest absolute Gasteiger partial charge is 0.00829 e. The molecule has 0 radical (unpaired) electrons. The molecular weight excluding hydrogens is 96.1 g/mol. The number of hydrogen-bond acceptors (Lipinski definition) is 0. The van der Waals surface area contributed by atoms with Crippen LogP contribution in [0.25, 0.3) is 0 Å². The van der Waals surface area contributed by atoms with Crippen LogP contribution < -0.4 is 0 Å². The zero-order valence-corrected chi connectivity index (χ0v) is 4.52. The van der Waals surface area contributed by atoms with Gasteiger partial charge >= 0.3 is 0 Å². The molecule has 0 aromatic heterocycles. The molecule has 0 fully saturated rings. The van der Waals surface area contributed by atoms with E-state index in [-0.39, 0.29) is 0 Å². The van der Waals surface area contributed by atoms with E-state index in [1.807, 2.05) is 24.3 Å². The zero-order chi connectivity index (χ0) is 5.66. The van der Waals surface area contributed by atoms with Crippen molar-refractivity contribution in [3.8, 4) is 0 Å². The van der Waals surface area contributed by atoms with Gasteiger partial charge in [-0.05, 0) is 24.3 Å². The lowest BCUT2D eigenvalue weighted by Gasteiger charge is -1.73. The van der Waals surface area contributed by atoms with Gasteiger partial charge in [0.25, 0.3) is 0 Å². The molecule has 0 aromatic rings. The van der Waals surface area contributed by atoms with Gasteiger partial charge in [-0.15, -0.1) is 0 Å². The highest BCUT2D eigenvalue weighted by Crippen LogP contribution is 1.85. The van der Waals surface area contributed by atoms with Crippen LogP contribution in [0.15, 0.2) is 41.5 Å². The lowest BCUT2D eigenvalue weighted by atomic mass is 10.3. The van der Waals surface area contributed by atoms with Crippen molar-refractivity contribution < 1.29 is 0 Å². The monoisotopic (exact) mass is 102 g/mol. The molecule has 0 atom stereocenters. The van der Waals surface area contributed by atoms with Crippen molar-refractivity contribution in [2.24, 2.45) is 0 Å². The van der Waals surface area contributed by atoms with Crippen LogP contribution in [-0.2, 0) is 0 Å². The van der Waals surface area contributed by atoms with E-state index in [4.69, 9.17) is 0 Å². The molecule has 1 rings (SSSR count). The van der Waals surface area contributed by atoms with Gasteiger partial charge in [-0.3, -0.25) is 0 Å². The second-order valence-electron chi connectivity index (χ2n) is 1.45. The summed E-state index contributed by atoms with van der Waals surface area (Å²) in [5, 5.41) is 0. The molecule has 38 valence electrons. The van der Waals surface area contributed by atoms with E-state index in [2.05, 4.69) is 17.2 Å². The Labute approximate surface area is 48.8 Å². The molecule has 0 amide bonds. The number of hydrogen-bond donors (Lipinski definition) is 0. The minimum Gasteiger partial charge on any atom is -0.0795 e. The summed E-state index contributed by atoms with van der Waals surface area (Å²) in [5.74, 6) is 0. The largest absolute Gasteiger partial charge is 0.0795 e. The Kier molecular flexibility index (Phi) is 1.80. The van der Waals surface area contributed by atoms with Crippen molar-refractivity contribution >= 4 is 0 Å². The fraction of sp³-hybridized carbons (Fsp3) is 0.125. The molecule has 0 aromatic carbocycles. The minimum absolute atomic E-state index is 0.950. The number of allylic oxidation sites excluding steroid dienone is 4. The van der Waals surface area contributed by atoms with Crippen LogP contribution in [0.4, 0.5) is 0 Å². The molecule has 0 saturated carbocycles. The Bertz CT molecular complexity index is 212. The maximum atomic E-state index is 2.82. The molecule has 0 heteroatoms. The average Bonchev–Trinajstić information content (AvgIpc) is 1.62. The summed E-state index contributed by atoms with van der Waals surface area (Å²) in [5.41, 5.74) is 8.33. The number of rotatable bonds is 0. The van der Waals surface area contributed by atoms with Gasteiger partial charge in [-0.1, -0.05) is 23.6 Å². The predicted molar refractivity (Wildman–Crippen MR) is 33.4 cm³/mol. The maximum absolute atomic E-state index is 2.82. The highest BCUT2D eigenvalue weighted by atomic mass is 13.7. The highest BCUT2D eigenvalue weighted by molar-refractivity contribution is 5.06. The first-order chi connectivity index (χ1) is 4.00. The average molecular weight is 102 g/mol. The van der Waals surface area contributed by atoms with E-state index < -0.39 is 0 Å². The Balaban J connectivity index is 3.04. The molecule has 0 saturated heterocycles. The SMILES string of the molecule is C1=C=C/C=C\CC=C=1. The first-order valence-electron chi connectivity index (χ1n) is 2.56. The minimum atomic E-state index is 0.950. The van der Waals surface area contributed by atoms with Gasteiger partial charge in [-0.25, -0.2) is 0 Å². The second-order valence-corrected chi connectivity index (χ2v) is 1.45. The normalized spacial score (nSPS) is 18.0. The second kappa shape index (κ2) is 2.91. The predicted octanol–water partition coefficient (Wildman–Crippen LogP) is 1.97. The molecule has 0 N–H and O–H groups in total. The van der Waals surface area contributed by atoms with E-state index in [1.54, 1.807) is 0 Å². The van der Waals surface area contributed by atoms with Crippen molar-refractivity contribution in [3.05, 3.63) is 41.5 Å². The Morgan fingerprint density at radius 3 is 3.25 bits per heavy atom. The third-order valence-electron chi connectivity index (χ3n) is 0.816. The summed E-state index contributed by atoms with van der Waals surface area (Å²) < 4.78 is 0. The van der Waals surface area contributed by atoms with Gasteiger partial charge in [0, 0.05) is 0 Å². The standard InChI is InChI=1S/C8H6/c1-2-4-6-8-7-5-3-1/h1-3,6H,4H2/b2-1-. The van der Waals surface area contributed by atoms with Crippen LogP contribution >= 0.6 is 0 Å². The van der Waals surface area contributed by atoms with Crippen LogP contribution in [-0.4, -0.2) is 0 Å². The molecule has 1 aliphatic carbocycles. The van der Waals surface area contributed by atoms with Crippen LogP contribution in [0.1, 0.15) is 6.42 Å². The molecule has 0 unspecified atom stereocenters. The highest BCUT2D eigenvalue weighted by Gasteiger charge is 1.66. The zero-order valence-electron chi connectivity index (χ0n) is 4.52. The fourth-order valence-electron chi connectivity index (χ4n) is 0.456. The quantitative estimate of drug-likeness (QED) is 0.410. The molecule has 0 heterocycles. The Morgan fingerprint density at radius 1 is 1.25 bits per heavy atom. The topological polar surface area (TPSA) is 0 Å². The van der Waals surface area contributed by atoms with Gasteiger partial charge in [0.1, 0.15) is 0 Å². The van der Waals surface area contributed by atoms with Gasteiger partial charge in [0.15, 0.2) is 0 Å². The van der Waals surface area contributed by atoms with E-state index in [0.29, 0.717) is 0 Å². The summed E-state index contributed by atoms with van der Waals surface area (Å²) >= 11 is 0. The van der Waals surface area contributed by atoms with Crippen molar-refractivity contribution in [2.45, 2.75) is 6.42 Å². The molecule has 8 heavy (non-hydrogen) atoms. The van der Waals surface area contributed by atoms with Gasteiger partial charge in [0.05, 0.1) is 0 Å². The molecule has 0 spiro atoms.